The normalized spacial score (nSPS) is 16.2. The molecule has 0 atom stereocenters. The first-order valence-electron chi connectivity index (χ1n) is 8.64. The first kappa shape index (κ1) is 20.1. The third-order valence-electron chi connectivity index (χ3n) is 4.18. The van der Waals surface area contributed by atoms with Crippen LogP contribution >= 0.6 is 24.0 Å². The van der Waals surface area contributed by atoms with Crippen molar-refractivity contribution in [2.75, 3.05) is 47.1 Å². The minimum atomic E-state index is 0. The molecule has 0 unspecified atom stereocenters. The zero-order valence-electron chi connectivity index (χ0n) is 15.0. The van der Waals surface area contributed by atoms with Gasteiger partial charge in [0, 0.05) is 33.8 Å². The molecule has 1 aliphatic carbocycles. The molecular weight excluding hydrogens is 433 g/mol. The van der Waals surface area contributed by atoms with E-state index in [4.69, 9.17) is 14.2 Å². The van der Waals surface area contributed by atoms with Gasteiger partial charge in [0.25, 0.3) is 0 Å². The van der Waals surface area contributed by atoms with Gasteiger partial charge in [0.1, 0.15) is 13.2 Å². The second kappa shape index (κ2) is 10.1. The van der Waals surface area contributed by atoms with Crippen LogP contribution in [-0.4, -0.2) is 57.9 Å². The molecule has 0 bridgehead atoms. The zero-order chi connectivity index (χ0) is 16.8. The molecule has 1 aliphatic heterocycles. The summed E-state index contributed by atoms with van der Waals surface area (Å²) in [7, 11) is 3.82. The van der Waals surface area contributed by atoms with Crippen molar-refractivity contribution in [1.82, 2.24) is 10.2 Å². The summed E-state index contributed by atoms with van der Waals surface area (Å²) in [5.41, 5.74) is 1.16. The van der Waals surface area contributed by atoms with Gasteiger partial charge in [-0.2, -0.15) is 0 Å². The average Bonchev–Trinajstić information content (AvgIpc) is 3.42. The molecular formula is C18H28IN3O3. The van der Waals surface area contributed by atoms with Crippen LogP contribution in [0.25, 0.3) is 0 Å². The molecule has 25 heavy (non-hydrogen) atoms. The second-order valence-corrected chi connectivity index (χ2v) is 6.33. The van der Waals surface area contributed by atoms with E-state index in [0.717, 1.165) is 48.6 Å². The summed E-state index contributed by atoms with van der Waals surface area (Å²) in [6, 6.07) is 6.08. The van der Waals surface area contributed by atoms with Gasteiger partial charge >= 0.3 is 0 Å². The van der Waals surface area contributed by atoms with E-state index >= 15 is 0 Å². The monoisotopic (exact) mass is 461 g/mol. The zero-order valence-corrected chi connectivity index (χ0v) is 17.3. The molecule has 1 saturated carbocycles. The highest BCUT2D eigenvalue weighted by atomic mass is 127. The summed E-state index contributed by atoms with van der Waals surface area (Å²) in [5.74, 6) is 3.31. The number of nitrogens with one attached hydrogen (secondary N) is 1. The highest BCUT2D eigenvalue weighted by molar-refractivity contribution is 14.0. The molecule has 6 nitrogen and oxygen atoms in total. The lowest BCUT2D eigenvalue weighted by molar-refractivity contribution is 0.128. The first-order valence-corrected chi connectivity index (χ1v) is 8.64. The van der Waals surface area contributed by atoms with Crippen molar-refractivity contribution in [3.05, 3.63) is 23.8 Å². The van der Waals surface area contributed by atoms with E-state index in [1.807, 2.05) is 19.2 Å². The highest BCUT2D eigenvalue weighted by Crippen LogP contribution is 2.31. The van der Waals surface area contributed by atoms with E-state index in [9.17, 15) is 0 Å². The quantitative estimate of drug-likeness (QED) is 0.293. The van der Waals surface area contributed by atoms with Gasteiger partial charge in [0.15, 0.2) is 17.5 Å². The standard InChI is InChI=1S/C18H27N3O3.HI/c1-19-18(20-7-8-22-13-14-3-4-14)21(2)12-15-5-6-16-17(11-15)24-10-9-23-16;/h5-6,11,14H,3-4,7-10,12-13H2,1-2H3,(H,19,20);1H. The Labute approximate surface area is 166 Å². The fourth-order valence-corrected chi connectivity index (χ4v) is 2.69. The van der Waals surface area contributed by atoms with Crippen LogP contribution in [0.5, 0.6) is 11.5 Å². The van der Waals surface area contributed by atoms with E-state index in [-0.39, 0.29) is 24.0 Å². The topological polar surface area (TPSA) is 55.3 Å². The molecule has 1 fully saturated rings. The van der Waals surface area contributed by atoms with Crippen molar-refractivity contribution in [2.45, 2.75) is 19.4 Å². The average molecular weight is 461 g/mol. The van der Waals surface area contributed by atoms with E-state index in [2.05, 4.69) is 21.3 Å². The molecule has 1 heterocycles. The number of hydrogen-bond acceptors (Lipinski definition) is 4. The molecule has 1 aromatic carbocycles. The smallest absolute Gasteiger partial charge is 0.193 e. The Bertz CT molecular complexity index is 579. The van der Waals surface area contributed by atoms with Crippen molar-refractivity contribution in [1.29, 1.82) is 0 Å². The molecule has 2 aliphatic rings. The molecule has 1 aromatic rings. The number of rotatable bonds is 7. The number of fused-ring (bicyclic) bond motifs is 1. The lowest BCUT2D eigenvalue weighted by atomic mass is 10.2. The van der Waals surface area contributed by atoms with Crippen molar-refractivity contribution in [3.8, 4) is 11.5 Å². The number of aliphatic imine (C=N–C) groups is 1. The third-order valence-corrected chi connectivity index (χ3v) is 4.18. The van der Waals surface area contributed by atoms with Crippen LogP contribution in [-0.2, 0) is 11.3 Å². The molecule has 1 N–H and O–H groups in total. The number of ether oxygens (including phenoxy) is 3. The fourth-order valence-electron chi connectivity index (χ4n) is 2.69. The van der Waals surface area contributed by atoms with Gasteiger partial charge in [-0.3, -0.25) is 4.99 Å². The van der Waals surface area contributed by atoms with Gasteiger partial charge in [-0.05, 0) is 36.5 Å². The predicted molar refractivity (Wildman–Crippen MR) is 109 cm³/mol. The van der Waals surface area contributed by atoms with Crippen molar-refractivity contribution in [2.24, 2.45) is 10.9 Å². The van der Waals surface area contributed by atoms with E-state index in [1.165, 1.54) is 12.8 Å². The molecule has 0 amide bonds. The van der Waals surface area contributed by atoms with Crippen LogP contribution in [0.3, 0.4) is 0 Å². The van der Waals surface area contributed by atoms with E-state index in [1.54, 1.807) is 7.05 Å². The largest absolute Gasteiger partial charge is 0.486 e. The SMILES string of the molecule is CN=C(NCCOCC1CC1)N(C)Cc1ccc2c(c1)OCCO2.I. The molecule has 0 saturated heterocycles. The summed E-state index contributed by atoms with van der Waals surface area (Å²) in [6.07, 6.45) is 2.65. The summed E-state index contributed by atoms with van der Waals surface area (Å²) in [4.78, 5) is 6.43. The fraction of sp³-hybridized carbons (Fsp3) is 0.611. The van der Waals surface area contributed by atoms with Crippen LogP contribution in [0.1, 0.15) is 18.4 Å². The van der Waals surface area contributed by atoms with E-state index in [0.29, 0.717) is 19.8 Å². The molecule has 3 rings (SSSR count). The van der Waals surface area contributed by atoms with Gasteiger partial charge in [-0.1, -0.05) is 6.07 Å². The van der Waals surface area contributed by atoms with Gasteiger partial charge in [-0.25, -0.2) is 0 Å². The Balaban J connectivity index is 0.00000225. The molecule has 140 valence electrons. The van der Waals surface area contributed by atoms with Crippen molar-refractivity contribution in [3.63, 3.8) is 0 Å². The van der Waals surface area contributed by atoms with Gasteiger partial charge in [-0.15, -0.1) is 24.0 Å². The summed E-state index contributed by atoms with van der Waals surface area (Å²) in [6.45, 7) is 4.35. The first-order chi connectivity index (χ1) is 11.8. The van der Waals surface area contributed by atoms with Gasteiger partial charge in [0.2, 0.25) is 0 Å². The maximum Gasteiger partial charge on any atom is 0.193 e. The highest BCUT2D eigenvalue weighted by Gasteiger charge is 2.21. The third kappa shape index (κ3) is 6.22. The minimum absolute atomic E-state index is 0. The Morgan fingerprint density at radius 3 is 2.76 bits per heavy atom. The maximum absolute atomic E-state index is 5.65. The number of nitrogens with zero attached hydrogens (tertiary/aromatic N) is 2. The van der Waals surface area contributed by atoms with Gasteiger partial charge in [0.05, 0.1) is 6.61 Å². The second-order valence-electron chi connectivity index (χ2n) is 6.33. The maximum atomic E-state index is 5.65. The molecule has 0 radical (unpaired) electrons. The summed E-state index contributed by atoms with van der Waals surface area (Å²) >= 11 is 0. The summed E-state index contributed by atoms with van der Waals surface area (Å²) in [5, 5.41) is 3.34. The van der Waals surface area contributed by atoms with Crippen molar-refractivity contribution >= 4 is 29.9 Å². The predicted octanol–water partition coefficient (Wildman–Crippen LogP) is 2.51. The van der Waals surface area contributed by atoms with Crippen molar-refractivity contribution < 1.29 is 14.2 Å². The Morgan fingerprint density at radius 2 is 2.04 bits per heavy atom. The number of hydrogen-bond donors (Lipinski definition) is 1. The summed E-state index contributed by atoms with van der Waals surface area (Å²) < 4.78 is 16.8. The van der Waals surface area contributed by atoms with Gasteiger partial charge < -0.3 is 24.4 Å². The Hall–Kier alpha value is -1.22. The lowest BCUT2D eigenvalue weighted by Crippen LogP contribution is -2.40. The van der Waals surface area contributed by atoms with Crippen LogP contribution < -0.4 is 14.8 Å². The minimum Gasteiger partial charge on any atom is -0.486 e. The number of halogens is 1. The van der Waals surface area contributed by atoms with Crippen LogP contribution in [0.4, 0.5) is 0 Å². The molecule has 0 spiro atoms. The molecule has 0 aromatic heterocycles. The van der Waals surface area contributed by atoms with Crippen LogP contribution in [0, 0.1) is 5.92 Å². The number of guanidine groups is 1. The van der Waals surface area contributed by atoms with E-state index < -0.39 is 0 Å². The molecule has 7 heteroatoms. The lowest BCUT2D eigenvalue weighted by Gasteiger charge is -2.23. The number of benzene rings is 1. The van der Waals surface area contributed by atoms with Crippen LogP contribution in [0.15, 0.2) is 23.2 Å². The Morgan fingerprint density at radius 1 is 1.28 bits per heavy atom. The Kier molecular flexibility index (Phi) is 8.08. The van der Waals surface area contributed by atoms with Crippen LogP contribution in [0.2, 0.25) is 0 Å².